The van der Waals surface area contributed by atoms with Crippen molar-refractivity contribution >= 4 is 5.91 Å². The molecule has 0 aromatic carbocycles. The molecule has 0 aromatic heterocycles. The van der Waals surface area contributed by atoms with Crippen LogP contribution in [0.1, 0.15) is 27.7 Å². The van der Waals surface area contributed by atoms with Gasteiger partial charge < -0.3 is 10.2 Å². The Labute approximate surface area is 92.5 Å². The number of rotatable bonds is 3. The highest BCUT2D eigenvalue weighted by Gasteiger charge is 2.34. The van der Waals surface area contributed by atoms with E-state index in [1.807, 2.05) is 11.8 Å². The first-order valence-electron chi connectivity index (χ1n) is 5.58. The van der Waals surface area contributed by atoms with Crippen molar-refractivity contribution in [2.24, 2.45) is 5.92 Å². The summed E-state index contributed by atoms with van der Waals surface area (Å²) in [4.78, 5) is 13.2. The first-order valence-corrected chi connectivity index (χ1v) is 5.58. The van der Waals surface area contributed by atoms with E-state index in [2.05, 4.69) is 25.7 Å². The van der Waals surface area contributed by atoms with Gasteiger partial charge in [0, 0.05) is 38.0 Å². The smallest absolute Gasteiger partial charge is 0.219 e. The van der Waals surface area contributed by atoms with E-state index in [9.17, 15) is 4.79 Å². The monoisotopic (exact) mass is 210 g/mol. The van der Waals surface area contributed by atoms with Crippen LogP contribution in [0.5, 0.6) is 0 Å². The number of nitrogens with one attached hydrogen (secondary N) is 1. The zero-order valence-corrected chi connectivity index (χ0v) is 10.2. The van der Waals surface area contributed by atoms with E-state index in [1.165, 1.54) is 0 Å². The number of carbonyl (C=O) groups is 1. The molecule has 3 heteroatoms. The molecule has 0 spiro atoms. The SMILES string of the molecule is C=C(C)[C@@H]1CN(C(C)=O)CC1NC(C)C. The number of hydrogen-bond donors (Lipinski definition) is 1. The lowest BCUT2D eigenvalue weighted by Gasteiger charge is -2.21. The summed E-state index contributed by atoms with van der Waals surface area (Å²) in [6.45, 7) is 13.6. The van der Waals surface area contributed by atoms with Crippen LogP contribution in [0.4, 0.5) is 0 Å². The molecule has 2 atom stereocenters. The van der Waals surface area contributed by atoms with Crippen LogP contribution in [0.2, 0.25) is 0 Å². The molecule has 1 rings (SSSR count). The second-order valence-electron chi connectivity index (χ2n) is 4.80. The van der Waals surface area contributed by atoms with E-state index in [0.29, 0.717) is 18.0 Å². The molecule has 0 radical (unpaired) electrons. The summed E-state index contributed by atoms with van der Waals surface area (Å²) in [5.41, 5.74) is 1.16. The number of nitrogens with zero attached hydrogens (tertiary/aromatic N) is 1. The Morgan fingerprint density at radius 3 is 2.40 bits per heavy atom. The van der Waals surface area contributed by atoms with Crippen molar-refractivity contribution in [3.63, 3.8) is 0 Å². The van der Waals surface area contributed by atoms with E-state index in [1.54, 1.807) is 6.92 Å². The minimum absolute atomic E-state index is 0.161. The van der Waals surface area contributed by atoms with Gasteiger partial charge in [-0.15, -0.1) is 0 Å². The van der Waals surface area contributed by atoms with Gasteiger partial charge >= 0.3 is 0 Å². The van der Waals surface area contributed by atoms with Gasteiger partial charge in [-0.25, -0.2) is 0 Å². The Morgan fingerprint density at radius 1 is 1.40 bits per heavy atom. The van der Waals surface area contributed by atoms with Crippen molar-refractivity contribution in [3.05, 3.63) is 12.2 Å². The van der Waals surface area contributed by atoms with Crippen molar-refractivity contribution < 1.29 is 4.79 Å². The molecule has 15 heavy (non-hydrogen) atoms. The molecule has 86 valence electrons. The Hall–Kier alpha value is -0.830. The van der Waals surface area contributed by atoms with Crippen LogP contribution < -0.4 is 5.32 Å². The molecule has 1 aliphatic heterocycles. The molecule has 1 unspecified atom stereocenters. The first kappa shape index (κ1) is 12.2. The van der Waals surface area contributed by atoms with Gasteiger partial charge in [0.25, 0.3) is 0 Å². The Balaban J connectivity index is 2.67. The van der Waals surface area contributed by atoms with Gasteiger partial charge in [-0.2, -0.15) is 0 Å². The van der Waals surface area contributed by atoms with E-state index in [4.69, 9.17) is 0 Å². The van der Waals surface area contributed by atoms with Gasteiger partial charge in [0.15, 0.2) is 0 Å². The van der Waals surface area contributed by atoms with Gasteiger partial charge in [0.2, 0.25) is 5.91 Å². The van der Waals surface area contributed by atoms with Crippen LogP contribution in [0, 0.1) is 5.92 Å². The Morgan fingerprint density at radius 2 is 2.00 bits per heavy atom. The third-order valence-corrected chi connectivity index (χ3v) is 2.95. The van der Waals surface area contributed by atoms with E-state index in [-0.39, 0.29) is 5.91 Å². The Bertz CT molecular complexity index is 260. The molecule has 0 saturated carbocycles. The van der Waals surface area contributed by atoms with Crippen LogP contribution in [-0.4, -0.2) is 36.0 Å². The minimum atomic E-state index is 0.161. The number of likely N-dealkylation sites (tertiary alicyclic amines) is 1. The van der Waals surface area contributed by atoms with E-state index in [0.717, 1.165) is 18.7 Å². The fourth-order valence-electron chi connectivity index (χ4n) is 2.16. The highest BCUT2D eigenvalue weighted by atomic mass is 16.2. The molecular formula is C12H22N2O. The maximum atomic E-state index is 11.3. The summed E-state index contributed by atoms with van der Waals surface area (Å²) in [5.74, 6) is 0.561. The van der Waals surface area contributed by atoms with Crippen LogP contribution in [0.3, 0.4) is 0 Å². The van der Waals surface area contributed by atoms with Crippen molar-refractivity contribution in [3.8, 4) is 0 Å². The lowest BCUT2D eigenvalue weighted by molar-refractivity contribution is -0.127. The first-order chi connectivity index (χ1) is 6.91. The molecule has 1 amide bonds. The van der Waals surface area contributed by atoms with Gasteiger partial charge in [-0.3, -0.25) is 4.79 Å². The zero-order valence-electron chi connectivity index (χ0n) is 10.2. The molecule has 3 nitrogen and oxygen atoms in total. The summed E-state index contributed by atoms with van der Waals surface area (Å²) >= 11 is 0. The van der Waals surface area contributed by atoms with Crippen LogP contribution >= 0.6 is 0 Å². The average molecular weight is 210 g/mol. The van der Waals surface area contributed by atoms with E-state index < -0.39 is 0 Å². The third-order valence-electron chi connectivity index (χ3n) is 2.95. The van der Waals surface area contributed by atoms with Crippen molar-refractivity contribution in [2.75, 3.05) is 13.1 Å². The maximum absolute atomic E-state index is 11.3. The molecule has 0 bridgehead atoms. The number of amides is 1. The predicted molar refractivity (Wildman–Crippen MR) is 62.6 cm³/mol. The fourth-order valence-corrected chi connectivity index (χ4v) is 2.16. The number of carbonyl (C=O) groups excluding carboxylic acids is 1. The fraction of sp³-hybridized carbons (Fsp3) is 0.750. The molecule has 0 aliphatic carbocycles. The molecular weight excluding hydrogens is 188 g/mol. The zero-order chi connectivity index (χ0) is 11.6. The van der Waals surface area contributed by atoms with Crippen LogP contribution in [0.25, 0.3) is 0 Å². The topological polar surface area (TPSA) is 32.3 Å². The predicted octanol–water partition coefficient (Wildman–Crippen LogP) is 1.41. The highest BCUT2D eigenvalue weighted by molar-refractivity contribution is 5.73. The quantitative estimate of drug-likeness (QED) is 0.714. The molecule has 1 fully saturated rings. The number of hydrogen-bond acceptors (Lipinski definition) is 2. The minimum Gasteiger partial charge on any atom is -0.341 e. The van der Waals surface area contributed by atoms with Crippen molar-refractivity contribution in [1.82, 2.24) is 10.2 Å². The normalized spacial score (nSPS) is 26.1. The summed E-state index contributed by atoms with van der Waals surface area (Å²) < 4.78 is 0. The van der Waals surface area contributed by atoms with Crippen LogP contribution in [-0.2, 0) is 4.79 Å². The van der Waals surface area contributed by atoms with Gasteiger partial charge in [0.05, 0.1) is 0 Å². The molecule has 1 heterocycles. The summed E-state index contributed by atoms with van der Waals surface area (Å²) in [6.07, 6.45) is 0. The molecule has 0 aromatic rings. The summed E-state index contributed by atoms with van der Waals surface area (Å²) in [6, 6.07) is 0.815. The van der Waals surface area contributed by atoms with Gasteiger partial charge in [-0.1, -0.05) is 26.0 Å². The maximum Gasteiger partial charge on any atom is 0.219 e. The van der Waals surface area contributed by atoms with Crippen molar-refractivity contribution in [2.45, 2.75) is 39.8 Å². The Kier molecular flexibility index (Phi) is 3.91. The lowest BCUT2D eigenvalue weighted by Crippen LogP contribution is -2.41. The average Bonchev–Trinajstić information content (AvgIpc) is 2.46. The third kappa shape index (κ3) is 3.06. The summed E-state index contributed by atoms with van der Waals surface area (Å²) in [7, 11) is 0. The van der Waals surface area contributed by atoms with Crippen LogP contribution in [0.15, 0.2) is 12.2 Å². The molecule has 1 saturated heterocycles. The lowest BCUT2D eigenvalue weighted by atomic mass is 9.96. The van der Waals surface area contributed by atoms with Crippen molar-refractivity contribution in [1.29, 1.82) is 0 Å². The largest absolute Gasteiger partial charge is 0.341 e. The molecule has 1 N–H and O–H groups in total. The molecule has 1 aliphatic rings. The summed E-state index contributed by atoms with van der Waals surface area (Å²) in [5, 5.41) is 3.50. The van der Waals surface area contributed by atoms with E-state index >= 15 is 0 Å². The second kappa shape index (κ2) is 4.79. The standard InChI is InChI=1S/C12H22N2O/c1-8(2)11-6-14(10(5)15)7-12(11)13-9(3)4/h9,11-13H,1,6-7H2,2-5H3/t11-,12?/m0/s1. The second-order valence-corrected chi connectivity index (χ2v) is 4.80. The van der Waals surface area contributed by atoms with Gasteiger partial charge in [-0.05, 0) is 6.92 Å². The highest BCUT2D eigenvalue weighted by Crippen LogP contribution is 2.23. The van der Waals surface area contributed by atoms with Gasteiger partial charge in [0.1, 0.15) is 0 Å².